The van der Waals surface area contributed by atoms with E-state index in [1.54, 1.807) is 4.90 Å². The highest BCUT2D eigenvalue weighted by atomic mass is 19.1. The molecule has 37 heavy (non-hydrogen) atoms. The smallest absolute Gasteiger partial charge is 0.414 e. The predicted molar refractivity (Wildman–Crippen MR) is 137 cm³/mol. The van der Waals surface area contributed by atoms with Crippen LogP contribution in [-0.4, -0.2) is 47.0 Å². The summed E-state index contributed by atoms with van der Waals surface area (Å²) in [5.41, 5.74) is 4.33. The Balaban J connectivity index is 1.62. The van der Waals surface area contributed by atoms with Gasteiger partial charge in [-0.25, -0.2) is 14.2 Å². The van der Waals surface area contributed by atoms with Gasteiger partial charge in [-0.05, 0) is 75.3 Å². The first kappa shape index (κ1) is 25.0. The number of hydrogen-bond acceptors (Lipinski definition) is 5. The van der Waals surface area contributed by atoms with Crippen LogP contribution in [0.15, 0.2) is 30.3 Å². The van der Waals surface area contributed by atoms with E-state index < -0.39 is 12.1 Å². The number of nitrogens with zero attached hydrogens (tertiary/aromatic N) is 3. The maximum atomic E-state index is 14.3. The molecule has 1 aliphatic heterocycles. The number of ether oxygens (including phenoxy) is 2. The van der Waals surface area contributed by atoms with Gasteiger partial charge in [-0.2, -0.15) is 0 Å². The van der Waals surface area contributed by atoms with Gasteiger partial charge in [0, 0.05) is 30.1 Å². The van der Waals surface area contributed by atoms with Crippen LogP contribution in [0.5, 0.6) is 5.75 Å². The van der Waals surface area contributed by atoms with Crippen LogP contribution in [-0.2, 0) is 22.4 Å². The molecule has 1 fully saturated rings. The van der Waals surface area contributed by atoms with Gasteiger partial charge in [-0.1, -0.05) is 0 Å². The van der Waals surface area contributed by atoms with Crippen molar-refractivity contribution in [1.29, 1.82) is 0 Å². The SMILES string of the molecule is COC(=O)N1c2ccc3c(nc(Cc4cc(F)cc(OC)c4)n3[C@H]3CC[C@H](C(=O)O)CC3)c2CC[C@@H]1C. The van der Waals surface area contributed by atoms with Crippen LogP contribution in [0.2, 0.25) is 0 Å². The number of fused-ring (bicyclic) bond motifs is 3. The maximum Gasteiger partial charge on any atom is 0.414 e. The molecule has 0 unspecified atom stereocenters. The quantitative estimate of drug-likeness (QED) is 0.488. The molecule has 196 valence electrons. The van der Waals surface area contributed by atoms with Crippen molar-refractivity contribution in [1.82, 2.24) is 9.55 Å². The first-order valence-electron chi connectivity index (χ1n) is 12.8. The van der Waals surface area contributed by atoms with Crippen molar-refractivity contribution in [3.63, 3.8) is 0 Å². The average Bonchev–Trinajstić information content (AvgIpc) is 3.25. The van der Waals surface area contributed by atoms with E-state index in [-0.39, 0.29) is 23.8 Å². The second kappa shape index (κ2) is 10.0. The Morgan fingerprint density at radius 3 is 2.54 bits per heavy atom. The highest BCUT2D eigenvalue weighted by molar-refractivity contribution is 5.95. The molecule has 0 saturated heterocycles. The summed E-state index contributed by atoms with van der Waals surface area (Å²) in [7, 11) is 2.89. The summed E-state index contributed by atoms with van der Waals surface area (Å²) in [6.07, 6.45) is 4.22. The number of aryl methyl sites for hydroxylation is 1. The van der Waals surface area contributed by atoms with Gasteiger partial charge in [0.05, 0.1) is 36.9 Å². The molecule has 2 heterocycles. The Kier molecular flexibility index (Phi) is 6.79. The summed E-state index contributed by atoms with van der Waals surface area (Å²) in [6.45, 7) is 2.01. The second-order valence-corrected chi connectivity index (χ2v) is 10.1. The van der Waals surface area contributed by atoms with Crippen LogP contribution in [0.25, 0.3) is 11.0 Å². The highest BCUT2D eigenvalue weighted by Gasteiger charge is 2.33. The van der Waals surface area contributed by atoms with Crippen molar-refractivity contribution in [2.45, 2.75) is 64.0 Å². The van der Waals surface area contributed by atoms with E-state index in [9.17, 15) is 19.1 Å². The Bertz CT molecular complexity index is 1350. The van der Waals surface area contributed by atoms with Gasteiger partial charge in [0.1, 0.15) is 17.4 Å². The molecule has 3 aromatic rings. The molecule has 8 nitrogen and oxygen atoms in total. The number of halogens is 1. The summed E-state index contributed by atoms with van der Waals surface area (Å²) in [4.78, 5) is 30.9. The molecular formula is C28H32FN3O5. The molecule has 1 amide bonds. The molecule has 0 bridgehead atoms. The van der Waals surface area contributed by atoms with Gasteiger partial charge in [-0.3, -0.25) is 9.69 Å². The molecule has 0 spiro atoms. The summed E-state index contributed by atoms with van der Waals surface area (Å²) < 4.78 is 26.8. The number of aromatic nitrogens is 2. The van der Waals surface area contributed by atoms with E-state index in [0.29, 0.717) is 25.0 Å². The van der Waals surface area contributed by atoms with Crippen molar-refractivity contribution in [2.24, 2.45) is 5.92 Å². The summed E-state index contributed by atoms with van der Waals surface area (Å²) in [5, 5.41) is 9.49. The fourth-order valence-corrected chi connectivity index (χ4v) is 5.96. The van der Waals surface area contributed by atoms with Gasteiger partial charge < -0.3 is 19.1 Å². The molecule has 2 aliphatic rings. The molecule has 0 radical (unpaired) electrons. The van der Waals surface area contributed by atoms with E-state index in [2.05, 4.69) is 4.57 Å². The van der Waals surface area contributed by atoms with Crippen molar-refractivity contribution in [3.8, 4) is 5.75 Å². The zero-order chi connectivity index (χ0) is 26.3. The first-order chi connectivity index (χ1) is 17.8. The third-order valence-corrected chi connectivity index (χ3v) is 7.84. The van der Waals surface area contributed by atoms with Crippen LogP contribution >= 0.6 is 0 Å². The van der Waals surface area contributed by atoms with Gasteiger partial charge in [0.15, 0.2) is 0 Å². The van der Waals surface area contributed by atoms with Gasteiger partial charge in [0.25, 0.3) is 0 Å². The van der Waals surface area contributed by atoms with E-state index in [4.69, 9.17) is 14.5 Å². The van der Waals surface area contributed by atoms with Gasteiger partial charge >= 0.3 is 12.1 Å². The molecular weight excluding hydrogens is 477 g/mol. The normalized spacial score (nSPS) is 21.5. The monoisotopic (exact) mass is 509 g/mol. The minimum Gasteiger partial charge on any atom is -0.497 e. The number of amides is 1. The number of hydrogen-bond donors (Lipinski definition) is 1. The Hall–Kier alpha value is -3.62. The van der Waals surface area contributed by atoms with E-state index in [1.807, 2.05) is 25.1 Å². The van der Waals surface area contributed by atoms with E-state index >= 15 is 0 Å². The fourth-order valence-electron chi connectivity index (χ4n) is 5.96. The number of methoxy groups -OCH3 is 2. The standard InChI is InChI=1S/C28H32FN3O5/c1-16-4-9-22-23(31(16)28(35)37-3)10-11-24-26(22)30-25(14-17-12-19(29)15-21(13-17)36-2)32(24)20-7-5-18(6-8-20)27(33)34/h10-13,15-16,18,20H,4-9,14H2,1-3H3,(H,33,34)/t16-,18-,20-/m0/s1. The summed E-state index contributed by atoms with van der Waals surface area (Å²) in [6, 6.07) is 8.69. The largest absolute Gasteiger partial charge is 0.497 e. The van der Waals surface area contributed by atoms with Crippen molar-refractivity contribution in [2.75, 3.05) is 19.1 Å². The molecule has 1 aliphatic carbocycles. The zero-order valence-corrected chi connectivity index (χ0v) is 21.4. The lowest BCUT2D eigenvalue weighted by molar-refractivity contribution is -0.143. The highest BCUT2D eigenvalue weighted by Crippen LogP contribution is 2.40. The van der Waals surface area contributed by atoms with Crippen LogP contribution in [0.3, 0.4) is 0 Å². The molecule has 1 N–H and O–H groups in total. The fraction of sp³-hybridized carbons (Fsp3) is 0.464. The minimum absolute atomic E-state index is 0.00464. The van der Waals surface area contributed by atoms with Crippen LogP contribution in [0.1, 0.15) is 62.0 Å². The number of carboxylic acids is 1. The number of carbonyl (C=O) groups is 2. The number of aliphatic carboxylic acids is 1. The Morgan fingerprint density at radius 1 is 1.11 bits per heavy atom. The van der Waals surface area contributed by atoms with Gasteiger partial charge in [-0.15, -0.1) is 0 Å². The number of carboxylic acid groups (broad SMARTS) is 1. The van der Waals surface area contributed by atoms with Crippen molar-refractivity contribution >= 4 is 28.8 Å². The predicted octanol–water partition coefficient (Wildman–Crippen LogP) is 5.50. The number of rotatable bonds is 5. The third-order valence-electron chi connectivity index (χ3n) is 7.84. The molecule has 2 aromatic carbocycles. The average molecular weight is 510 g/mol. The Labute approximate surface area is 215 Å². The van der Waals surface area contributed by atoms with Crippen LogP contribution in [0, 0.1) is 11.7 Å². The minimum atomic E-state index is -0.743. The van der Waals surface area contributed by atoms with E-state index in [0.717, 1.165) is 59.4 Å². The topological polar surface area (TPSA) is 93.9 Å². The molecule has 1 aromatic heterocycles. The van der Waals surface area contributed by atoms with E-state index in [1.165, 1.54) is 26.4 Å². The molecule has 5 rings (SSSR count). The van der Waals surface area contributed by atoms with Crippen LogP contribution < -0.4 is 9.64 Å². The van der Waals surface area contributed by atoms with Gasteiger partial charge in [0.2, 0.25) is 0 Å². The number of benzene rings is 2. The molecule has 1 saturated carbocycles. The van der Waals surface area contributed by atoms with Crippen molar-refractivity contribution < 1.29 is 28.6 Å². The zero-order valence-electron chi connectivity index (χ0n) is 21.4. The lowest BCUT2D eigenvalue weighted by Gasteiger charge is -2.34. The van der Waals surface area contributed by atoms with Crippen LogP contribution in [0.4, 0.5) is 14.9 Å². The summed E-state index contributed by atoms with van der Waals surface area (Å²) >= 11 is 0. The third kappa shape index (κ3) is 4.63. The number of carbonyl (C=O) groups excluding carboxylic acids is 1. The molecule has 9 heteroatoms. The first-order valence-corrected chi connectivity index (χ1v) is 12.8. The number of anilines is 1. The maximum absolute atomic E-state index is 14.3. The lowest BCUT2D eigenvalue weighted by Crippen LogP contribution is -2.42. The number of imidazole rings is 1. The summed E-state index contributed by atoms with van der Waals surface area (Å²) in [5.74, 6) is -0.214. The van der Waals surface area contributed by atoms with Crippen molar-refractivity contribution in [3.05, 3.63) is 53.1 Å². The second-order valence-electron chi connectivity index (χ2n) is 10.1. The Morgan fingerprint density at radius 2 is 1.86 bits per heavy atom. The lowest BCUT2D eigenvalue weighted by atomic mass is 9.85. The molecule has 1 atom stereocenters.